The predicted molar refractivity (Wildman–Crippen MR) is 106 cm³/mol. The molecule has 4 fully saturated rings. The van der Waals surface area contributed by atoms with Crippen LogP contribution in [0.5, 0.6) is 0 Å². The van der Waals surface area contributed by atoms with Crippen LogP contribution in [0.3, 0.4) is 0 Å². The van der Waals surface area contributed by atoms with Crippen LogP contribution in [0.2, 0.25) is 0 Å². The lowest BCUT2D eigenvalue weighted by atomic mass is 9.69. The van der Waals surface area contributed by atoms with Crippen LogP contribution in [0.4, 0.5) is 0 Å². The number of carbonyl (C=O) groups excluding carboxylic acids is 1. The third-order valence-corrected chi connectivity index (χ3v) is 9.50. The van der Waals surface area contributed by atoms with E-state index in [1.165, 1.54) is 51.4 Å². The Morgan fingerprint density at radius 1 is 0.926 bits per heavy atom. The maximum absolute atomic E-state index is 13.5. The Balaban J connectivity index is 1.22. The standard InChI is InChI=1S/C25H34O2/c26-24(27-25(11-5-2-6-12-25)19-7-3-1-4-8-19)21-15-18-14-20(21)23-17-10-9-16(13-17)22(18)23/h5,9-11,16-23H,1-4,6-8,12-15H2. The van der Waals surface area contributed by atoms with Gasteiger partial charge in [-0.1, -0.05) is 37.5 Å². The highest BCUT2D eigenvalue weighted by Crippen LogP contribution is 2.67. The van der Waals surface area contributed by atoms with Gasteiger partial charge < -0.3 is 4.74 Å². The molecule has 2 heteroatoms. The van der Waals surface area contributed by atoms with E-state index >= 15 is 0 Å². The molecule has 0 aromatic carbocycles. The zero-order valence-corrected chi connectivity index (χ0v) is 16.5. The van der Waals surface area contributed by atoms with Crippen molar-refractivity contribution in [2.75, 3.05) is 0 Å². The lowest BCUT2D eigenvalue weighted by Crippen LogP contribution is -2.45. The van der Waals surface area contributed by atoms with Crippen molar-refractivity contribution in [3.8, 4) is 0 Å². The molecular weight excluding hydrogens is 332 g/mol. The normalized spacial score (nSPS) is 50.3. The van der Waals surface area contributed by atoms with Crippen molar-refractivity contribution >= 4 is 5.97 Å². The van der Waals surface area contributed by atoms with E-state index in [1.807, 2.05) is 0 Å². The van der Waals surface area contributed by atoms with E-state index in [9.17, 15) is 4.79 Å². The van der Waals surface area contributed by atoms with Gasteiger partial charge in [-0.15, -0.1) is 0 Å². The number of allylic oxidation sites excluding steroid dienone is 3. The first-order valence-corrected chi connectivity index (χ1v) is 11.8. The van der Waals surface area contributed by atoms with Gasteiger partial charge in [0.05, 0.1) is 5.92 Å². The third-order valence-electron chi connectivity index (χ3n) is 9.50. The summed E-state index contributed by atoms with van der Waals surface area (Å²) in [5, 5.41) is 0. The van der Waals surface area contributed by atoms with Crippen molar-refractivity contribution in [3.63, 3.8) is 0 Å². The molecule has 0 N–H and O–H groups in total. The van der Waals surface area contributed by atoms with Gasteiger partial charge in [-0.25, -0.2) is 0 Å². The minimum atomic E-state index is -0.272. The maximum atomic E-state index is 13.5. The van der Waals surface area contributed by atoms with E-state index < -0.39 is 0 Å². The van der Waals surface area contributed by atoms with E-state index in [0.29, 0.717) is 11.8 Å². The quantitative estimate of drug-likeness (QED) is 0.365. The maximum Gasteiger partial charge on any atom is 0.310 e. The molecule has 2 nitrogen and oxygen atoms in total. The molecular formula is C25H34O2. The molecule has 0 aliphatic heterocycles. The summed E-state index contributed by atoms with van der Waals surface area (Å²) in [6.45, 7) is 0. The SMILES string of the molecule is O=C(OC1(C2CCCCC2)C=CCCC1)C1CC2CC1C1C3C=CC(C3)C21. The molecule has 8 unspecified atom stereocenters. The van der Waals surface area contributed by atoms with Crippen molar-refractivity contribution in [1.82, 2.24) is 0 Å². The van der Waals surface area contributed by atoms with E-state index in [4.69, 9.17) is 4.74 Å². The highest BCUT2D eigenvalue weighted by atomic mass is 16.6. The summed E-state index contributed by atoms with van der Waals surface area (Å²) < 4.78 is 6.54. The van der Waals surface area contributed by atoms with Crippen molar-refractivity contribution in [1.29, 1.82) is 0 Å². The molecule has 8 atom stereocenters. The molecule has 0 aromatic rings. The Morgan fingerprint density at radius 2 is 1.74 bits per heavy atom. The third kappa shape index (κ3) is 2.47. The molecule has 6 aliphatic carbocycles. The summed E-state index contributed by atoms with van der Waals surface area (Å²) in [4.78, 5) is 13.5. The minimum absolute atomic E-state index is 0.171. The molecule has 0 amide bonds. The lowest BCUT2D eigenvalue weighted by Gasteiger charge is -2.43. The van der Waals surface area contributed by atoms with Crippen LogP contribution in [0.1, 0.15) is 70.6 Å². The first-order valence-electron chi connectivity index (χ1n) is 11.8. The monoisotopic (exact) mass is 366 g/mol. The van der Waals surface area contributed by atoms with Crippen molar-refractivity contribution < 1.29 is 9.53 Å². The van der Waals surface area contributed by atoms with Gasteiger partial charge in [-0.2, -0.15) is 0 Å². The molecule has 0 saturated heterocycles. The summed E-state index contributed by atoms with van der Waals surface area (Å²) in [6.07, 6.45) is 23.2. The number of hydrogen-bond acceptors (Lipinski definition) is 2. The molecule has 0 aromatic heterocycles. The van der Waals surface area contributed by atoms with Gasteiger partial charge in [0.1, 0.15) is 5.60 Å². The fraction of sp³-hybridized carbons (Fsp3) is 0.800. The molecule has 146 valence electrons. The molecule has 6 aliphatic rings. The van der Waals surface area contributed by atoms with Gasteiger partial charge in [-0.3, -0.25) is 4.79 Å². The highest BCUT2D eigenvalue weighted by molar-refractivity contribution is 5.74. The molecule has 0 spiro atoms. The van der Waals surface area contributed by atoms with E-state index in [1.54, 1.807) is 0 Å². The Kier molecular flexibility index (Phi) is 3.89. The average molecular weight is 367 g/mol. The van der Waals surface area contributed by atoms with E-state index in [-0.39, 0.29) is 17.5 Å². The van der Waals surface area contributed by atoms with Gasteiger partial charge in [0.15, 0.2) is 0 Å². The van der Waals surface area contributed by atoms with Crippen LogP contribution in [-0.4, -0.2) is 11.6 Å². The topological polar surface area (TPSA) is 26.3 Å². The highest BCUT2D eigenvalue weighted by Gasteiger charge is 2.63. The second-order valence-electron chi connectivity index (χ2n) is 10.6. The van der Waals surface area contributed by atoms with Crippen LogP contribution in [0.15, 0.2) is 24.3 Å². The number of carbonyl (C=O) groups is 1. The fourth-order valence-electron chi connectivity index (χ4n) is 8.51. The second-order valence-corrected chi connectivity index (χ2v) is 10.6. The average Bonchev–Trinajstić information content (AvgIpc) is 3.48. The van der Waals surface area contributed by atoms with Crippen LogP contribution >= 0.6 is 0 Å². The zero-order valence-electron chi connectivity index (χ0n) is 16.5. The summed E-state index contributed by atoms with van der Waals surface area (Å²) in [5.74, 6) is 5.63. The van der Waals surface area contributed by atoms with Crippen LogP contribution in [0.25, 0.3) is 0 Å². The van der Waals surface area contributed by atoms with Gasteiger partial charge in [-0.05, 0) is 93.0 Å². The van der Waals surface area contributed by atoms with Crippen molar-refractivity contribution in [2.24, 2.45) is 47.3 Å². The Hall–Kier alpha value is -1.05. The smallest absolute Gasteiger partial charge is 0.310 e. The van der Waals surface area contributed by atoms with Gasteiger partial charge >= 0.3 is 5.97 Å². The Labute approximate surface area is 163 Å². The summed E-state index contributed by atoms with van der Waals surface area (Å²) in [6, 6.07) is 0. The predicted octanol–water partition coefficient (Wildman–Crippen LogP) is 5.68. The summed E-state index contributed by atoms with van der Waals surface area (Å²) in [7, 11) is 0. The number of fused-ring (bicyclic) bond motifs is 9. The molecule has 0 radical (unpaired) electrons. The Morgan fingerprint density at radius 3 is 2.52 bits per heavy atom. The summed E-state index contributed by atoms with van der Waals surface area (Å²) in [5.41, 5.74) is -0.272. The number of esters is 1. The lowest BCUT2D eigenvalue weighted by molar-refractivity contribution is -0.171. The van der Waals surface area contributed by atoms with Gasteiger partial charge in [0.2, 0.25) is 0 Å². The van der Waals surface area contributed by atoms with Gasteiger partial charge in [0, 0.05) is 5.92 Å². The molecule has 4 bridgehead atoms. The van der Waals surface area contributed by atoms with Crippen LogP contribution in [-0.2, 0) is 9.53 Å². The van der Waals surface area contributed by atoms with E-state index in [2.05, 4.69) is 24.3 Å². The largest absolute Gasteiger partial charge is 0.454 e. The molecule has 27 heavy (non-hydrogen) atoms. The van der Waals surface area contributed by atoms with Crippen molar-refractivity contribution in [2.45, 2.75) is 76.2 Å². The van der Waals surface area contributed by atoms with Gasteiger partial charge in [0.25, 0.3) is 0 Å². The number of hydrogen-bond donors (Lipinski definition) is 0. The first-order chi connectivity index (χ1) is 13.3. The molecule has 4 saturated carbocycles. The van der Waals surface area contributed by atoms with Crippen LogP contribution < -0.4 is 0 Å². The summed E-state index contributed by atoms with van der Waals surface area (Å²) >= 11 is 0. The zero-order chi connectivity index (χ0) is 18.0. The fourth-order valence-corrected chi connectivity index (χ4v) is 8.51. The van der Waals surface area contributed by atoms with E-state index in [0.717, 1.165) is 48.9 Å². The molecule has 0 heterocycles. The first kappa shape index (κ1) is 16.9. The number of ether oxygens (including phenoxy) is 1. The van der Waals surface area contributed by atoms with Crippen molar-refractivity contribution in [3.05, 3.63) is 24.3 Å². The second kappa shape index (κ2) is 6.22. The minimum Gasteiger partial charge on any atom is -0.454 e. The molecule has 6 rings (SSSR count). The van der Waals surface area contributed by atoms with Crippen LogP contribution in [0, 0.1) is 47.3 Å². The number of rotatable bonds is 3. The Bertz CT molecular complexity index is 672.